The summed E-state index contributed by atoms with van der Waals surface area (Å²) in [4.78, 5) is 4.94. The van der Waals surface area contributed by atoms with Crippen molar-refractivity contribution < 1.29 is 5.11 Å². The molecule has 0 aliphatic carbocycles. The number of fused-ring (bicyclic) bond motifs is 6. The highest BCUT2D eigenvalue weighted by molar-refractivity contribution is 5.69. The fourth-order valence-corrected chi connectivity index (χ4v) is 4.15. The highest BCUT2D eigenvalue weighted by Crippen LogP contribution is 2.43. The Morgan fingerprint density at radius 1 is 0.917 bits per heavy atom. The van der Waals surface area contributed by atoms with E-state index >= 15 is 0 Å². The average Bonchev–Trinajstić information content (AvgIpc) is 2.47. The van der Waals surface area contributed by atoms with Gasteiger partial charge in [-0.2, -0.15) is 0 Å². The standard InChI is InChI=1S/C21H26N2O/c1-14-5-7-18-16(9-14)12-22-19-8-6-15(2)10-17(19)13-23(18)20(22)11-21(3,4)24/h5-10,20,24H,11-13H2,1-4H3. The lowest BCUT2D eigenvalue weighted by molar-refractivity contribution is 0.0606. The molecule has 2 aliphatic rings. The molecule has 0 saturated carbocycles. The van der Waals surface area contributed by atoms with E-state index in [0.29, 0.717) is 0 Å². The van der Waals surface area contributed by atoms with Crippen LogP contribution in [-0.4, -0.2) is 16.9 Å². The monoisotopic (exact) mass is 322 g/mol. The lowest BCUT2D eigenvalue weighted by Gasteiger charge is -2.52. The second-order valence-electron chi connectivity index (χ2n) is 8.02. The lowest BCUT2D eigenvalue weighted by Crippen LogP contribution is -2.57. The van der Waals surface area contributed by atoms with E-state index in [1.165, 1.54) is 33.6 Å². The predicted molar refractivity (Wildman–Crippen MR) is 99.4 cm³/mol. The van der Waals surface area contributed by atoms with E-state index in [2.05, 4.69) is 60.0 Å². The summed E-state index contributed by atoms with van der Waals surface area (Å²) in [6.07, 6.45) is 0.934. The molecule has 2 heterocycles. The molecule has 0 fully saturated rings. The van der Waals surface area contributed by atoms with Gasteiger partial charge in [-0.05, 0) is 51.0 Å². The Hall–Kier alpha value is -2.00. The molecule has 0 spiro atoms. The van der Waals surface area contributed by atoms with Crippen LogP contribution in [0.3, 0.4) is 0 Å². The normalized spacial score (nSPS) is 16.9. The van der Waals surface area contributed by atoms with E-state index in [1.54, 1.807) is 0 Å². The second kappa shape index (κ2) is 5.25. The van der Waals surface area contributed by atoms with Crippen molar-refractivity contribution in [1.29, 1.82) is 0 Å². The minimum absolute atomic E-state index is 0.204. The first-order chi connectivity index (χ1) is 11.3. The number of hydrogen-bond donors (Lipinski definition) is 1. The molecular weight excluding hydrogens is 296 g/mol. The zero-order chi connectivity index (χ0) is 17.1. The summed E-state index contributed by atoms with van der Waals surface area (Å²) in [5, 5.41) is 10.5. The van der Waals surface area contributed by atoms with Gasteiger partial charge < -0.3 is 14.9 Å². The van der Waals surface area contributed by atoms with Gasteiger partial charge in [0.2, 0.25) is 0 Å². The summed E-state index contributed by atoms with van der Waals surface area (Å²) in [7, 11) is 0. The molecule has 0 amide bonds. The fraction of sp³-hybridized carbons (Fsp3) is 0.429. The number of rotatable bonds is 2. The molecule has 0 unspecified atom stereocenters. The number of aliphatic hydroxyl groups is 1. The molecule has 2 bridgehead atoms. The van der Waals surface area contributed by atoms with Gasteiger partial charge in [0, 0.05) is 30.9 Å². The van der Waals surface area contributed by atoms with Gasteiger partial charge in [0.1, 0.15) is 6.17 Å². The van der Waals surface area contributed by atoms with Gasteiger partial charge in [0.15, 0.2) is 0 Å². The van der Waals surface area contributed by atoms with Crippen LogP contribution in [0, 0.1) is 13.8 Å². The van der Waals surface area contributed by atoms with Gasteiger partial charge in [0.05, 0.1) is 5.60 Å². The molecule has 126 valence electrons. The van der Waals surface area contributed by atoms with Gasteiger partial charge >= 0.3 is 0 Å². The van der Waals surface area contributed by atoms with Gasteiger partial charge in [-0.15, -0.1) is 0 Å². The Balaban J connectivity index is 1.84. The highest BCUT2D eigenvalue weighted by atomic mass is 16.3. The van der Waals surface area contributed by atoms with Gasteiger partial charge in [-0.3, -0.25) is 0 Å². The minimum Gasteiger partial charge on any atom is -0.390 e. The summed E-state index contributed by atoms with van der Waals surface area (Å²) in [5.41, 5.74) is 7.32. The maximum absolute atomic E-state index is 10.5. The van der Waals surface area contributed by atoms with E-state index in [9.17, 15) is 5.11 Å². The predicted octanol–water partition coefficient (Wildman–Crippen LogP) is 4.13. The van der Waals surface area contributed by atoms with Crippen LogP contribution in [0.2, 0.25) is 0 Å². The maximum atomic E-state index is 10.5. The Kier molecular flexibility index (Phi) is 3.40. The van der Waals surface area contributed by atoms with Crippen molar-refractivity contribution in [2.45, 2.75) is 59.0 Å². The molecule has 2 aliphatic heterocycles. The second-order valence-corrected chi connectivity index (χ2v) is 8.02. The van der Waals surface area contributed by atoms with Crippen LogP contribution >= 0.6 is 0 Å². The molecule has 4 rings (SSSR count). The summed E-state index contributed by atoms with van der Waals surface area (Å²) < 4.78 is 0. The fourth-order valence-electron chi connectivity index (χ4n) is 4.15. The largest absolute Gasteiger partial charge is 0.390 e. The van der Waals surface area contributed by atoms with E-state index in [1.807, 2.05) is 13.8 Å². The van der Waals surface area contributed by atoms with Gasteiger partial charge in [-0.25, -0.2) is 0 Å². The molecule has 1 N–H and O–H groups in total. The third kappa shape index (κ3) is 2.57. The summed E-state index contributed by atoms with van der Waals surface area (Å²) in [6, 6.07) is 13.5. The van der Waals surface area contributed by atoms with Crippen molar-refractivity contribution in [2.24, 2.45) is 0 Å². The lowest BCUT2D eigenvalue weighted by atomic mass is 9.92. The Morgan fingerprint density at radius 2 is 1.38 bits per heavy atom. The quantitative estimate of drug-likeness (QED) is 0.900. The molecular formula is C21H26N2O. The summed E-state index contributed by atoms with van der Waals surface area (Å²) >= 11 is 0. The molecule has 2 aromatic carbocycles. The van der Waals surface area contributed by atoms with Crippen LogP contribution in [0.15, 0.2) is 36.4 Å². The third-order valence-electron chi connectivity index (χ3n) is 5.17. The van der Waals surface area contributed by atoms with Crippen LogP contribution in [0.25, 0.3) is 0 Å². The topological polar surface area (TPSA) is 26.7 Å². The Morgan fingerprint density at radius 3 is 1.79 bits per heavy atom. The Bertz CT molecular complexity index is 731. The van der Waals surface area contributed by atoms with Crippen molar-refractivity contribution in [3.8, 4) is 0 Å². The van der Waals surface area contributed by atoms with Gasteiger partial charge in [-0.1, -0.05) is 35.4 Å². The minimum atomic E-state index is -0.689. The molecule has 24 heavy (non-hydrogen) atoms. The first-order valence-corrected chi connectivity index (χ1v) is 8.76. The third-order valence-corrected chi connectivity index (χ3v) is 5.17. The molecule has 2 aromatic rings. The van der Waals surface area contributed by atoms with E-state index in [4.69, 9.17) is 0 Å². The van der Waals surface area contributed by atoms with Crippen LogP contribution < -0.4 is 9.80 Å². The number of benzene rings is 2. The SMILES string of the molecule is Cc1ccc2c(c1)CN1c3ccc(C)cc3CN2C1CC(C)(C)O. The number of anilines is 2. The van der Waals surface area contributed by atoms with Crippen molar-refractivity contribution in [3.05, 3.63) is 58.7 Å². The van der Waals surface area contributed by atoms with E-state index in [-0.39, 0.29) is 6.17 Å². The smallest absolute Gasteiger partial charge is 0.105 e. The average molecular weight is 322 g/mol. The maximum Gasteiger partial charge on any atom is 0.105 e. The van der Waals surface area contributed by atoms with E-state index < -0.39 is 5.60 Å². The molecule has 0 radical (unpaired) electrons. The number of hydrogen-bond acceptors (Lipinski definition) is 3. The van der Waals surface area contributed by atoms with Crippen molar-refractivity contribution >= 4 is 11.4 Å². The van der Waals surface area contributed by atoms with Gasteiger partial charge in [0.25, 0.3) is 0 Å². The first kappa shape index (κ1) is 15.5. The molecule has 0 atom stereocenters. The zero-order valence-corrected chi connectivity index (χ0v) is 15.0. The van der Waals surface area contributed by atoms with Crippen LogP contribution in [0.5, 0.6) is 0 Å². The van der Waals surface area contributed by atoms with Crippen LogP contribution in [-0.2, 0) is 13.1 Å². The molecule has 0 saturated heterocycles. The van der Waals surface area contributed by atoms with Crippen LogP contribution in [0.1, 0.15) is 42.5 Å². The highest BCUT2D eigenvalue weighted by Gasteiger charge is 2.39. The van der Waals surface area contributed by atoms with Crippen LogP contribution in [0.4, 0.5) is 11.4 Å². The molecule has 3 heteroatoms. The zero-order valence-electron chi connectivity index (χ0n) is 15.0. The first-order valence-electron chi connectivity index (χ1n) is 8.76. The number of aryl methyl sites for hydroxylation is 2. The molecule has 0 aromatic heterocycles. The summed E-state index contributed by atoms with van der Waals surface area (Å²) in [6.45, 7) is 9.94. The van der Waals surface area contributed by atoms with Crippen molar-refractivity contribution in [2.75, 3.05) is 9.80 Å². The van der Waals surface area contributed by atoms with Crippen molar-refractivity contribution in [1.82, 2.24) is 0 Å². The summed E-state index contributed by atoms with van der Waals surface area (Å²) in [5.74, 6) is 0. The Labute approximate surface area is 144 Å². The van der Waals surface area contributed by atoms with Crippen molar-refractivity contribution in [3.63, 3.8) is 0 Å². The molecule has 3 nitrogen and oxygen atoms in total. The van der Waals surface area contributed by atoms with E-state index in [0.717, 1.165) is 19.5 Å². The number of nitrogens with zero attached hydrogens (tertiary/aromatic N) is 2.